The minimum atomic E-state index is -0.398. The molecule has 0 radical (unpaired) electrons. The quantitative estimate of drug-likeness (QED) is 0.127. The van der Waals surface area contributed by atoms with Gasteiger partial charge in [-0.2, -0.15) is 5.10 Å². The maximum atomic E-state index is 13.5. The van der Waals surface area contributed by atoms with E-state index in [-0.39, 0.29) is 5.41 Å². The standard InChI is InChI=1S/C38H40N8O3/c1-6-10-26-22-39-23-35(41-26)43-34-19-25(17-18-40-34)24-49-32-16-15-31(29-13-7-8-14-30(29)32)42-37(47)44-36-21-33(38(2,3)4)45-46(36)27-11-9-12-28(20-27)48-5/h7-9,11-23H,6,10,24H2,1-5H3,(H,40,41,43)(H2,42,44,47). The number of aryl methyl sites for hydroxylation is 1. The molecule has 0 spiro atoms. The lowest BCUT2D eigenvalue weighted by Gasteiger charge is -2.15. The van der Waals surface area contributed by atoms with Gasteiger partial charge in [0.05, 0.1) is 36.1 Å². The van der Waals surface area contributed by atoms with E-state index in [1.807, 2.05) is 78.9 Å². The first-order valence-electron chi connectivity index (χ1n) is 16.2. The van der Waals surface area contributed by atoms with Gasteiger partial charge in [-0.25, -0.2) is 19.4 Å². The maximum Gasteiger partial charge on any atom is 0.324 e. The number of benzene rings is 3. The second-order valence-electron chi connectivity index (χ2n) is 12.6. The number of amides is 2. The average molecular weight is 657 g/mol. The number of pyridine rings is 1. The van der Waals surface area contributed by atoms with Gasteiger partial charge in [0.25, 0.3) is 0 Å². The smallest absolute Gasteiger partial charge is 0.324 e. The number of rotatable bonds is 11. The molecule has 3 N–H and O–H groups in total. The molecule has 3 heterocycles. The summed E-state index contributed by atoms with van der Waals surface area (Å²) in [5, 5.41) is 15.8. The Bertz CT molecular complexity index is 2090. The lowest BCUT2D eigenvalue weighted by atomic mass is 9.92. The molecular formula is C38H40N8O3. The van der Waals surface area contributed by atoms with Crippen LogP contribution in [0.4, 0.5) is 27.9 Å². The lowest BCUT2D eigenvalue weighted by Crippen LogP contribution is -2.21. The Balaban J connectivity index is 1.18. The highest BCUT2D eigenvalue weighted by Crippen LogP contribution is 2.33. The minimum absolute atomic E-state index is 0.230. The maximum absolute atomic E-state index is 13.5. The molecule has 0 saturated heterocycles. The van der Waals surface area contributed by atoms with Gasteiger partial charge in [0, 0.05) is 40.7 Å². The highest BCUT2D eigenvalue weighted by atomic mass is 16.5. The van der Waals surface area contributed by atoms with E-state index in [1.165, 1.54) is 0 Å². The zero-order valence-corrected chi connectivity index (χ0v) is 28.3. The van der Waals surface area contributed by atoms with Gasteiger partial charge in [-0.05, 0) is 48.4 Å². The molecule has 0 fully saturated rings. The van der Waals surface area contributed by atoms with E-state index in [4.69, 9.17) is 14.6 Å². The molecule has 0 saturated carbocycles. The number of urea groups is 1. The number of hydrogen-bond acceptors (Lipinski definition) is 8. The molecule has 0 unspecified atom stereocenters. The molecule has 11 nitrogen and oxygen atoms in total. The van der Waals surface area contributed by atoms with Gasteiger partial charge in [0.2, 0.25) is 0 Å². The van der Waals surface area contributed by atoms with Crippen molar-refractivity contribution >= 4 is 39.9 Å². The van der Waals surface area contributed by atoms with E-state index in [2.05, 4.69) is 58.6 Å². The van der Waals surface area contributed by atoms with Crippen LogP contribution in [0.25, 0.3) is 16.5 Å². The second-order valence-corrected chi connectivity index (χ2v) is 12.6. The van der Waals surface area contributed by atoms with Crippen LogP contribution >= 0.6 is 0 Å². The summed E-state index contributed by atoms with van der Waals surface area (Å²) >= 11 is 0. The largest absolute Gasteiger partial charge is 0.497 e. The van der Waals surface area contributed by atoms with E-state index in [9.17, 15) is 4.79 Å². The molecule has 2 amide bonds. The topological polar surface area (TPSA) is 128 Å². The Labute approximate surface area is 285 Å². The molecule has 11 heteroatoms. The van der Waals surface area contributed by atoms with Crippen LogP contribution in [0.5, 0.6) is 11.5 Å². The van der Waals surface area contributed by atoms with Crippen LogP contribution in [0, 0.1) is 0 Å². The van der Waals surface area contributed by atoms with E-state index in [1.54, 1.807) is 30.4 Å². The van der Waals surface area contributed by atoms with Crippen molar-refractivity contribution in [1.82, 2.24) is 24.7 Å². The van der Waals surface area contributed by atoms with E-state index >= 15 is 0 Å². The molecule has 250 valence electrons. The Morgan fingerprint density at radius 2 is 1.73 bits per heavy atom. The number of fused-ring (bicyclic) bond motifs is 1. The summed E-state index contributed by atoms with van der Waals surface area (Å²) in [4.78, 5) is 26.8. The van der Waals surface area contributed by atoms with Gasteiger partial charge < -0.3 is 20.1 Å². The predicted molar refractivity (Wildman–Crippen MR) is 193 cm³/mol. The number of nitrogens with one attached hydrogen (secondary N) is 3. The third-order valence-electron chi connectivity index (χ3n) is 7.81. The van der Waals surface area contributed by atoms with Crippen molar-refractivity contribution in [2.45, 2.75) is 52.6 Å². The van der Waals surface area contributed by atoms with Gasteiger partial charge in [-0.1, -0.05) is 64.4 Å². The van der Waals surface area contributed by atoms with Crippen molar-refractivity contribution in [3.05, 3.63) is 114 Å². The number of nitrogens with zero attached hydrogens (tertiary/aromatic N) is 5. The Morgan fingerprint density at radius 3 is 2.53 bits per heavy atom. The number of anilines is 4. The summed E-state index contributed by atoms with van der Waals surface area (Å²) < 4.78 is 13.4. The molecule has 0 bridgehead atoms. The summed E-state index contributed by atoms with van der Waals surface area (Å²) in [6.45, 7) is 8.68. The van der Waals surface area contributed by atoms with Crippen LogP contribution in [0.3, 0.4) is 0 Å². The number of aromatic nitrogens is 5. The molecule has 0 aliphatic heterocycles. The Kier molecular flexibility index (Phi) is 9.70. The van der Waals surface area contributed by atoms with Crippen LogP contribution in [0.15, 0.2) is 97.5 Å². The molecule has 0 atom stereocenters. The zero-order valence-electron chi connectivity index (χ0n) is 28.3. The first-order valence-corrected chi connectivity index (χ1v) is 16.2. The molecule has 0 aliphatic rings. The second kappa shape index (κ2) is 14.4. The van der Waals surface area contributed by atoms with Crippen LogP contribution in [0.2, 0.25) is 0 Å². The number of methoxy groups -OCH3 is 1. The van der Waals surface area contributed by atoms with Gasteiger partial charge in [0.15, 0.2) is 0 Å². The molecule has 6 aromatic rings. The first-order chi connectivity index (χ1) is 23.7. The third kappa shape index (κ3) is 7.95. The number of hydrogen-bond donors (Lipinski definition) is 3. The van der Waals surface area contributed by atoms with E-state index in [0.29, 0.717) is 41.2 Å². The molecule has 0 aliphatic carbocycles. The summed E-state index contributed by atoms with van der Waals surface area (Å²) in [6.07, 6.45) is 7.07. The molecule has 6 rings (SSSR count). The SMILES string of the molecule is CCCc1cncc(Nc2cc(COc3ccc(NC(=O)Nc4cc(C(C)(C)C)nn4-c4cccc(OC)c4)c4ccccc34)ccn2)n1. The highest BCUT2D eigenvalue weighted by molar-refractivity contribution is 6.07. The van der Waals surface area contributed by atoms with Crippen molar-refractivity contribution in [3.63, 3.8) is 0 Å². The predicted octanol–water partition coefficient (Wildman–Crippen LogP) is 8.44. The third-order valence-corrected chi connectivity index (χ3v) is 7.81. The van der Waals surface area contributed by atoms with E-state index < -0.39 is 6.03 Å². The van der Waals surface area contributed by atoms with Crippen molar-refractivity contribution in [1.29, 1.82) is 0 Å². The summed E-state index contributed by atoms with van der Waals surface area (Å²) in [5.74, 6) is 3.22. The van der Waals surface area contributed by atoms with Crippen LogP contribution in [-0.2, 0) is 18.4 Å². The van der Waals surface area contributed by atoms with Crippen molar-refractivity contribution < 1.29 is 14.3 Å². The van der Waals surface area contributed by atoms with E-state index in [0.717, 1.165) is 46.3 Å². The number of carbonyl (C=O) groups excluding carboxylic acids is 1. The first kappa shape index (κ1) is 33.0. The highest BCUT2D eigenvalue weighted by Gasteiger charge is 2.22. The molecule has 49 heavy (non-hydrogen) atoms. The fourth-order valence-electron chi connectivity index (χ4n) is 5.32. The normalized spacial score (nSPS) is 11.3. The van der Waals surface area contributed by atoms with Crippen molar-refractivity contribution in [2.75, 3.05) is 23.1 Å². The summed E-state index contributed by atoms with van der Waals surface area (Å²) in [7, 11) is 1.62. The van der Waals surface area contributed by atoms with Crippen LogP contribution in [0.1, 0.15) is 51.1 Å². The van der Waals surface area contributed by atoms with Gasteiger partial charge in [0.1, 0.15) is 35.6 Å². The van der Waals surface area contributed by atoms with Crippen LogP contribution in [-0.4, -0.2) is 37.9 Å². The fraction of sp³-hybridized carbons (Fsp3) is 0.237. The van der Waals surface area contributed by atoms with Crippen molar-refractivity contribution in [3.8, 4) is 17.2 Å². The summed E-state index contributed by atoms with van der Waals surface area (Å²) in [5.41, 5.74) is 3.89. The molecular weight excluding hydrogens is 616 g/mol. The van der Waals surface area contributed by atoms with Gasteiger partial charge in [-0.15, -0.1) is 0 Å². The van der Waals surface area contributed by atoms with Gasteiger partial charge in [-0.3, -0.25) is 10.3 Å². The van der Waals surface area contributed by atoms with Crippen LogP contribution < -0.4 is 25.4 Å². The lowest BCUT2D eigenvalue weighted by molar-refractivity contribution is 0.262. The average Bonchev–Trinajstić information content (AvgIpc) is 3.53. The van der Waals surface area contributed by atoms with Gasteiger partial charge >= 0.3 is 6.03 Å². The Hall–Kier alpha value is -5.97. The summed E-state index contributed by atoms with van der Waals surface area (Å²) in [6, 6.07) is 24.4. The molecule has 3 aromatic carbocycles. The number of ether oxygens (including phenoxy) is 2. The van der Waals surface area contributed by atoms with Crippen molar-refractivity contribution in [2.24, 2.45) is 0 Å². The molecule has 3 aromatic heterocycles. The minimum Gasteiger partial charge on any atom is -0.497 e. The number of carbonyl (C=O) groups is 1. The fourth-order valence-corrected chi connectivity index (χ4v) is 5.32. The Morgan fingerprint density at radius 1 is 0.898 bits per heavy atom. The monoisotopic (exact) mass is 656 g/mol. The zero-order chi connectivity index (χ0) is 34.4.